The lowest BCUT2D eigenvalue weighted by molar-refractivity contribution is 0.445. The molecule has 1 aromatic heterocycles. The lowest BCUT2D eigenvalue weighted by Crippen LogP contribution is -2.05. The van der Waals surface area contributed by atoms with E-state index in [1.807, 2.05) is 29.6 Å². The van der Waals surface area contributed by atoms with E-state index in [1.165, 1.54) is 18.4 Å². The van der Waals surface area contributed by atoms with Gasteiger partial charge in [0.05, 0.1) is 11.3 Å². The standard InChI is InChI=1S/C18H17ClN2S/c1-12-2-4-13(5-3-12)16(10-20)18-21-17(11-22-18)14-6-8-15(19)9-7-14/h6-9,11-12H,2-5H2,1H3. The van der Waals surface area contributed by atoms with Gasteiger partial charge in [0.1, 0.15) is 11.1 Å². The predicted molar refractivity (Wildman–Crippen MR) is 92.7 cm³/mol. The minimum atomic E-state index is 0.718. The molecule has 1 saturated carbocycles. The molecule has 1 heterocycles. The summed E-state index contributed by atoms with van der Waals surface area (Å²) >= 11 is 7.47. The minimum absolute atomic E-state index is 0.718. The number of allylic oxidation sites excluding steroid dienone is 2. The van der Waals surface area contributed by atoms with Gasteiger partial charge in [-0.15, -0.1) is 11.3 Å². The molecule has 0 atom stereocenters. The average molecular weight is 329 g/mol. The second-order valence-electron chi connectivity index (χ2n) is 5.82. The van der Waals surface area contributed by atoms with Crippen LogP contribution >= 0.6 is 22.9 Å². The summed E-state index contributed by atoms with van der Waals surface area (Å²) in [6.07, 6.45) is 4.41. The van der Waals surface area contributed by atoms with Crippen molar-refractivity contribution in [1.29, 1.82) is 5.26 Å². The van der Waals surface area contributed by atoms with Gasteiger partial charge in [-0.2, -0.15) is 5.26 Å². The van der Waals surface area contributed by atoms with Gasteiger partial charge >= 0.3 is 0 Å². The fraction of sp³-hybridized carbons (Fsp3) is 0.333. The Bertz CT molecular complexity index is 727. The molecule has 1 aromatic carbocycles. The molecule has 0 radical (unpaired) electrons. The van der Waals surface area contributed by atoms with E-state index in [2.05, 4.69) is 18.0 Å². The van der Waals surface area contributed by atoms with E-state index >= 15 is 0 Å². The van der Waals surface area contributed by atoms with Gasteiger partial charge in [-0.05, 0) is 49.3 Å². The zero-order valence-electron chi connectivity index (χ0n) is 12.5. The third kappa shape index (κ3) is 3.24. The molecule has 2 aromatic rings. The van der Waals surface area contributed by atoms with Crippen LogP contribution < -0.4 is 0 Å². The maximum absolute atomic E-state index is 9.56. The largest absolute Gasteiger partial charge is 0.235 e. The molecule has 1 fully saturated rings. The zero-order chi connectivity index (χ0) is 15.5. The smallest absolute Gasteiger partial charge is 0.134 e. The van der Waals surface area contributed by atoms with E-state index < -0.39 is 0 Å². The Labute approximate surface area is 140 Å². The molecular weight excluding hydrogens is 312 g/mol. The summed E-state index contributed by atoms with van der Waals surface area (Å²) < 4.78 is 0. The third-order valence-electron chi connectivity index (χ3n) is 4.20. The molecule has 1 aliphatic carbocycles. The summed E-state index contributed by atoms with van der Waals surface area (Å²) in [5, 5.41) is 13.1. The maximum Gasteiger partial charge on any atom is 0.134 e. The summed E-state index contributed by atoms with van der Waals surface area (Å²) in [7, 11) is 0. The van der Waals surface area contributed by atoms with Crippen molar-refractivity contribution in [2.75, 3.05) is 0 Å². The summed E-state index contributed by atoms with van der Waals surface area (Å²) in [5.74, 6) is 0.768. The number of thiazole rings is 1. The Kier molecular flexibility index (Phi) is 4.61. The van der Waals surface area contributed by atoms with Gasteiger partial charge in [0.15, 0.2) is 0 Å². The first-order chi connectivity index (χ1) is 10.7. The first-order valence-corrected chi connectivity index (χ1v) is 8.77. The first-order valence-electron chi connectivity index (χ1n) is 7.51. The number of benzene rings is 1. The molecule has 112 valence electrons. The molecule has 3 rings (SSSR count). The highest BCUT2D eigenvalue weighted by Crippen LogP contribution is 2.35. The topological polar surface area (TPSA) is 36.7 Å². The predicted octanol–water partition coefficient (Wildman–Crippen LogP) is 5.95. The summed E-state index contributed by atoms with van der Waals surface area (Å²) in [5.41, 5.74) is 4.01. The number of hydrogen-bond donors (Lipinski definition) is 0. The van der Waals surface area contributed by atoms with Gasteiger partial charge in [-0.3, -0.25) is 0 Å². The normalized spacial score (nSPS) is 18.0. The van der Waals surface area contributed by atoms with Crippen LogP contribution in [0, 0.1) is 17.2 Å². The molecule has 2 nitrogen and oxygen atoms in total. The number of halogens is 1. The average Bonchev–Trinajstić information content (AvgIpc) is 3.00. The molecular formula is C18H17ClN2S. The van der Waals surface area contributed by atoms with Crippen molar-refractivity contribution >= 4 is 28.5 Å². The number of rotatable bonds is 2. The van der Waals surface area contributed by atoms with Crippen molar-refractivity contribution in [3.8, 4) is 17.3 Å². The van der Waals surface area contributed by atoms with Crippen LogP contribution in [0.3, 0.4) is 0 Å². The van der Waals surface area contributed by atoms with Gasteiger partial charge < -0.3 is 0 Å². The van der Waals surface area contributed by atoms with Crippen molar-refractivity contribution in [1.82, 2.24) is 4.98 Å². The Morgan fingerprint density at radius 2 is 1.95 bits per heavy atom. The van der Waals surface area contributed by atoms with Crippen molar-refractivity contribution in [2.45, 2.75) is 32.6 Å². The Morgan fingerprint density at radius 1 is 1.27 bits per heavy atom. The minimum Gasteiger partial charge on any atom is -0.235 e. The van der Waals surface area contributed by atoms with Crippen LogP contribution in [0.25, 0.3) is 16.8 Å². The van der Waals surface area contributed by atoms with E-state index in [-0.39, 0.29) is 0 Å². The molecule has 0 bridgehead atoms. The Hall–Kier alpha value is -1.63. The van der Waals surface area contributed by atoms with Crippen LogP contribution in [-0.2, 0) is 0 Å². The second kappa shape index (κ2) is 6.64. The van der Waals surface area contributed by atoms with Gasteiger partial charge in [0, 0.05) is 16.0 Å². The van der Waals surface area contributed by atoms with Crippen molar-refractivity contribution < 1.29 is 0 Å². The fourth-order valence-electron chi connectivity index (χ4n) is 2.78. The molecule has 0 N–H and O–H groups in total. The highest BCUT2D eigenvalue weighted by Gasteiger charge is 2.19. The fourth-order valence-corrected chi connectivity index (χ4v) is 3.78. The zero-order valence-corrected chi connectivity index (χ0v) is 14.0. The molecule has 0 saturated heterocycles. The number of nitriles is 1. The van der Waals surface area contributed by atoms with E-state index in [0.29, 0.717) is 0 Å². The number of hydrogen-bond acceptors (Lipinski definition) is 3. The highest BCUT2D eigenvalue weighted by atomic mass is 35.5. The van der Waals surface area contributed by atoms with Gasteiger partial charge in [0.25, 0.3) is 0 Å². The Morgan fingerprint density at radius 3 is 2.59 bits per heavy atom. The van der Waals surface area contributed by atoms with E-state index in [0.717, 1.165) is 45.6 Å². The van der Waals surface area contributed by atoms with Crippen LogP contribution in [0.1, 0.15) is 37.6 Å². The first kappa shape index (κ1) is 15.3. The van der Waals surface area contributed by atoms with E-state index in [9.17, 15) is 5.26 Å². The second-order valence-corrected chi connectivity index (χ2v) is 7.11. The lowest BCUT2D eigenvalue weighted by atomic mass is 9.85. The molecule has 4 heteroatoms. The molecule has 0 aliphatic heterocycles. The number of nitrogens with zero attached hydrogens (tertiary/aromatic N) is 2. The molecule has 0 spiro atoms. The lowest BCUT2D eigenvalue weighted by Gasteiger charge is -2.20. The van der Waals surface area contributed by atoms with Crippen molar-refractivity contribution in [2.24, 2.45) is 5.92 Å². The van der Waals surface area contributed by atoms with E-state index in [4.69, 9.17) is 11.6 Å². The van der Waals surface area contributed by atoms with Crippen LogP contribution in [0.15, 0.2) is 35.2 Å². The van der Waals surface area contributed by atoms with Gasteiger partial charge in [-0.1, -0.05) is 30.7 Å². The summed E-state index contributed by atoms with van der Waals surface area (Å²) in [6, 6.07) is 10.0. The quantitative estimate of drug-likeness (QED) is 0.638. The molecule has 0 amide bonds. The Balaban J connectivity index is 1.90. The van der Waals surface area contributed by atoms with Crippen molar-refractivity contribution in [3.05, 3.63) is 45.2 Å². The van der Waals surface area contributed by atoms with Gasteiger partial charge in [-0.25, -0.2) is 4.98 Å². The third-order valence-corrected chi connectivity index (χ3v) is 5.31. The van der Waals surface area contributed by atoms with Crippen LogP contribution in [0.4, 0.5) is 0 Å². The molecule has 22 heavy (non-hydrogen) atoms. The molecule has 1 aliphatic rings. The number of aromatic nitrogens is 1. The van der Waals surface area contributed by atoms with Crippen LogP contribution in [-0.4, -0.2) is 4.98 Å². The van der Waals surface area contributed by atoms with Crippen molar-refractivity contribution in [3.63, 3.8) is 0 Å². The molecule has 0 unspecified atom stereocenters. The highest BCUT2D eigenvalue weighted by molar-refractivity contribution is 7.11. The maximum atomic E-state index is 9.56. The summed E-state index contributed by atoms with van der Waals surface area (Å²) in [4.78, 5) is 4.67. The van der Waals surface area contributed by atoms with Gasteiger partial charge in [0.2, 0.25) is 0 Å². The van der Waals surface area contributed by atoms with Crippen LogP contribution in [0.2, 0.25) is 5.02 Å². The summed E-state index contributed by atoms with van der Waals surface area (Å²) in [6.45, 7) is 2.28. The SMILES string of the molecule is CC1CCC(=C(C#N)c2nc(-c3ccc(Cl)cc3)cs2)CC1. The van der Waals surface area contributed by atoms with Crippen LogP contribution in [0.5, 0.6) is 0 Å². The van der Waals surface area contributed by atoms with E-state index in [1.54, 1.807) is 11.3 Å². The monoisotopic (exact) mass is 328 g/mol.